The summed E-state index contributed by atoms with van der Waals surface area (Å²) < 4.78 is 5.74. The van der Waals surface area contributed by atoms with E-state index in [1.165, 1.54) is 19.3 Å². The van der Waals surface area contributed by atoms with Crippen LogP contribution in [0.4, 0.5) is 0 Å². The molecule has 2 N–H and O–H groups in total. The molecular formula is C10H21NO. The third-order valence-electron chi connectivity index (χ3n) is 2.83. The zero-order valence-electron chi connectivity index (χ0n) is 8.25. The van der Waals surface area contributed by atoms with Crippen LogP contribution in [0.15, 0.2) is 0 Å². The SMILES string of the molecule is CCC(CN)CC1CCC(C)O1. The zero-order valence-corrected chi connectivity index (χ0v) is 8.25. The van der Waals surface area contributed by atoms with Gasteiger partial charge in [0.1, 0.15) is 0 Å². The summed E-state index contributed by atoms with van der Waals surface area (Å²) in [5.41, 5.74) is 5.64. The first-order chi connectivity index (χ1) is 5.76. The smallest absolute Gasteiger partial charge is 0.0582 e. The molecule has 1 aliphatic rings. The molecule has 0 aromatic heterocycles. The van der Waals surface area contributed by atoms with Gasteiger partial charge < -0.3 is 10.5 Å². The van der Waals surface area contributed by atoms with Crippen molar-refractivity contribution in [3.8, 4) is 0 Å². The molecule has 1 saturated heterocycles. The Morgan fingerprint density at radius 2 is 2.25 bits per heavy atom. The summed E-state index contributed by atoms with van der Waals surface area (Å²) in [5, 5.41) is 0. The quantitative estimate of drug-likeness (QED) is 0.701. The molecule has 0 amide bonds. The van der Waals surface area contributed by atoms with Crippen LogP contribution in [0.5, 0.6) is 0 Å². The van der Waals surface area contributed by atoms with Crippen LogP contribution in [-0.2, 0) is 4.74 Å². The molecule has 0 radical (unpaired) electrons. The Balaban J connectivity index is 2.21. The fourth-order valence-corrected chi connectivity index (χ4v) is 1.86. The molecule has 0 bridgehead atoms. The Morgan fingerprint density at radius 1 is 1.50 bits per heavy atom. The molecule has 3 unspecified atom stereocenters. The first kappa shape index (κ1) is 10.0. The second-order valence-electron chi connectivity index (χ2n) is 3.89. The van der Waals surface area contributed by atoms with Gasteiger partial charge in [-0.05, 0) is 38.6 Å². The normalized spacial score (nSPS) is 32.2. The average Bonchev–Trinajstić information content (AvgIpc) is 2.47. The van der Waals surface area contributed by atoms with Crippen molar-refractivity contribution in [2.45, 2.75) is 51.7 Å². The molecule has 0 aliphatic carbocycles. The van der Waals surface area contributed by atoms with Crippen molar-refractivity contribution < 1.29 is 4.74 Å². The second-order valence-corrected chi connectivity index (χ2v) is 3.89. The van der Waals surface area contributed by atoms with Gasteiger partial charge in [0.15, 0.2) is 0 Å². The van der Waals surface area contributed by atoms with Crippen molar-refractivity contribution in [1.82, 2.24) is 0 Å². The lowest BCUT2D eigenvalue weighted by atomic mass is 9.97. The summed E-state index contributed by atoms with van der Waals surface area (Å²) in [5.74, 6) is 0.667. The van der Waals surface area contributed by atoms with E-state index < -0.39 is 0 Å². The average molecular weight is 171 g/mol. The summed E-state index contributed by atoms with van der Waals surface area (Å²) in [4.78, 5) is 0. The van der Waals surface area contributed by atoms with E-state index >= 15 is 0 Å². The van der Waals surface area contributed by atoms with E-state index in [2.05, 4.69) is 13.8 Å². The summed E-state index contributed by atoms with van der Waals surface area (Å²) in [7, 11) is 0. The Hall–Kier alpha value is -0.0800. The van der Waals surface area contributed by atoms with Gasteiger partial charge >= 0.3 is 0 Å². The maximum Gasteiger partial charge on any atom is 0.0582 e. The Kier molecular flexibility index (Phi) is 4.02. The highest BCUT2D eigenvalue weighted by Gasteiger charge is 2.23. The van der Waals surface area contributed by atoms with Crippen LogP contribution < -0.4 is 5.73 Å². The molecule has 2 nitrogen and oxygen atoms in total. The third kappa shape index (κ3) is 2.76. The van der Waals surface area contributed by atoms with Gasteiger partial charge in [-0.15, -0.1) is 0 Å². The maximum absolute atomic E-state index is 5.74. The molecule has 2 heteroatoms. The predicted octanol–water partition coefficient (Wildman–Crippen LogP) is 1.93. The standard InChI is InChI=1S/C10H21NO/c1-3-9(7-11)6-10-5-4-8(2)12-10/h8-10H,3-7,11H2,1-2H3. The van der Waals surface area contributed by atoms with Crippen molar-refractivity contribution in [1.29, 1.82) is 0 Å². The Morgan fingerprint density at radius 3 is 2.67 bits per heavy atom. The van der Waals surface area contributed by atoms with Crippen molar-refractivity contribution in [2.75, 3.05) is 6.54 Å². The topological polar surface area (TPSA) is 35.2 Å². The van der Waals surface area contributed by atoms with Crippen LogP contribution in [-0.4, -0.2) is 18.8 Å². The van der Waals surface area contributed by atoms with Crippen LogP contribution in [0.2, 0.25) is 0 Å². The molecule has 1 rings (SSSR count). The van der Waals surface area contributed by atoms with Crippen LogP contribution >= 0.6 is 0 Å². The number of hydrogen-bond donors (Lipinski definition) is 1. The van der Waals surface area contributed by atoms with E-state index in [0.29, 0.717) is 18.1 Å². The molecule has 3 atom stereocenters. The Bertz CT molecular complexity index is 123. The van der Waals surface area contributed by atoms with Gasteiger partial charge in [-0.3, -0.25) is 0 Å². The van der Waals surface area contributed by atoms with Crippen LogP contribution in [0.3, 0.4) is 0 Å². The molecule has 0 spiro atoms. The highest BCUT2D eigenvalue weighted by Crippen LogP contribution is 2.25. The predicted molar refractivity (Wildman–Crippen MR) is 51.0 cm³/mol. The minimum Gasteiger partial charge on any atom is -0.375 e. The van der Waals surface area contributed by atoms with Crippen molar-refractivity contribution in [2.24, 2.45) is 11.7 Å². The first-order valence-electron chi connectivity index (χ1n) is 5.11. The van der Waals surface area contributed by atoms with Gasteiger partial charge in [-0.25, -0.2) is 0 Å². The van der Waals surface area contributed by atoms with Gasteiger partial charge in [-0.2, -0.15) is 0 Å². The van der Waals surface area contributed by atoms with E-state index in [1.54, 1.807) is 0 Å². The van der Waals surface area contributed by atoms with Gasteiger partial charge in [0.05, 0.1) is 12.2 Å². The molecule has 72 valence electrons. The lowest BCUT2D eigenvalue weighted by Gasteiger charge is -2.17. The maximum atomic E-state index is 5.74. The van der Waals surface area contributed by atoms with E-state index in [0.717, 1.165) is 13.0 Å². The summed E-state index contributed by atoms with van der Waals surface area (Å²) in [6, 6.07) is 0. The monoisotopic (exact) mass is 171 g/mol. The fraction of sp³-hybridized carbons (Fsp3) is 1.00. The summed E-state index contributed by atoms with van der Waals surface area (Å²) >= 11 is 0. The Labute approximate surface area is 75.5 Å². The van der Waals surface area contributed by atoms with Crippen LogP contribution in [0.25, 0.3) is 0 Å². The van der Waals surface area contributed by atoms with Crippen molar-refractivity contribution >= 4 is 0 Å². The summed E-state index contributed by atoms with van der Waals surface area (Å²) in [6.07, 6.45) is 5.78. The van der Waals surface area contributed by atoms with Crippen LogP contribution in [0.1, 0.15) is 39.5 Å². The number of ether oxygens (including phenoxy) is 1. The highest BCUT2D eigenvalue weighted by atomic mass is 16.5. The van der Waals surface area contributed by atoms with Gasteiger partial charge in [-0.1, -0.05) is 13.3 Å². The number of nitrogens with two attached hydrogens (primary N) is 1. The molecule has 1 fully saturated rings. The van der Waals surface area contributed by atoms with Crippen molar-refractivity contribution in [3.05, 3.63) is 0 Å². The fourth-order valence-electron chi connectivity index (χ4n) is 1.86. The van der Waals surface area contributed by atoms with E-state index in [9.17, 15) is 0 Å². The minimum absolute atomic E-state index is 0.477. The third-order valence-corrected chi connectivity index (χ3v) is 2.83. The van der Waals surface area contributed by atoms with Gasteiger partial charge in [0.2, 0.25) is 0 Å². The number of hydrogen-bond acceptors (Lipinski definition) is 2. The molecule has 12 heavy (non-hydrogen) atoms. The lowest BCUT2D eigenvalue weighted by Crippen LogP contribution is -2.20. The largest absolute Gasteiger partial charge is 0.375 e. The molecular weight excluding hydrogens is 150 g/mol. The molecule has 1 aliphatic heterocycles. The van der Waals surface area contributed by atoms with Crippen molar-refractivity contribution in [3.63, 3.8) is 0 Å². The minimum atomic E-state index is 0.477. The molecule has 1 heterocycles. The number of rotatable bonds is 4. The summed E-state index contributed by atoms with van der Waals surface area (Å²) in [6.45, 7) is 5.17. The second kappa shape index (κ2) is 4.83. The molecule has 0 aromatic rings. The molecule has 0 aromatic carbocycles. The van der Waals surface area contributed by atoms with Gasteiger partial charge in [0.25, 0.3) is 0 Å². The highest BCUT2D eigenvalue weighted by molar-refractivity contribution is 4.73. The lowest BCUT2D eigenvalue weighted by molar-refractivity contribution is 0.0412. The van der Waals surface area contributed by atoms with E-state index in [4.69, 9.17) is 10.5 Å². The van der Waals surface area contributed by atoms with Crippen LogP contribution in [0, 0.1) is 5.92 Å². The first-order valence-corrected chi connectivity index (χ1v) is 5.11. The zero-order chi connectivity index (χ0) is 8.97. The van der Waals surface area contributed by atoms with E-state index in [-0.39, 0.29) is 0 Å². The molecule has 0 saturated carbocycles. The van der Waals surface area contributed by atoms with E-state index in [1.807, 2.05) is 0 Å². The van der Waals surface area contributed by atoms with Gasteiger partial charge in [0, 0.05) is 0 Å².